The number of nitrogens with one attached hydrogen (secondary N) is 1. The molecule has 0 aliphatic rings. The highest BCUT2D eigenvalue weighted by Crippen LogP contribution is 2.12. The van der Waals surface area contributed by atoms with E-state index in [2.05, 4.69) is 15.5 Å². The first-order valence-corrected chi connectivity index (χ1v) is 5.58. The van der Waals surface area contributed by atoms with E-state index in [1.54, 1.807) is 19.1 Å². The molecular formula is C12H14FN3O2. The lowest BCUT2D eigenvalue weighted by molar-refractivity contribution is 0.174. The van der Waals surface area contributed by atoms with Gasteiger partial charge in [0.2, 0.25) is 5.89 Å². The van der Waals surface area contributed by atoms with E-state index in [0.29, 0.717) is 30.4 Å². The number of aromatic nitrogens is 2. The summed E-state index contributed by atoms with van der Waals surface area (Å²) in [6.45, 7) is 2.46. The Morgan fingerprint density at radius 1 is 1.39 bits per heavy atom. The SMILES string of the molecule is Cc1nc(CNCC(O)c2ccc(F)cc2)no1. The summed E-state index contributed by atoms with van der Waals surface area (Å²) in [4.78, 5) is 4.02. The van der Waals surface area contributed by atoms with Gasteiger partial charge in [0.1, 0.15) is 5.82 Å². The van der Waals surface area contributed by atoms with Crippen LogP contribution in [0.2, 0.25) is 0 Å². The molecule has 0 saturated carbocycles. The summed E-state index contributed by atoms with van der Waals surface area (Å²) >= 11 is 0. The van der Waals surface area contributed by atoms with Crippen molar-refractivity contribution in [3.8, 4) is 0 Å². The van der Waals surface area contributed by atoms with Crippen molar-refractivity contribution in [2.75, 3.05) is 6.54 Å². The largest absolute Gasteiger partial charge is 0.387 e. The Morgan fingerprint density at radius 2 is 2.11 bits per heavy atom. The number of rotatable bonds is 5. The average Bonchev–Trinajstić information content (AvgIpc) is 2.76. The van der Waals surface area contributed by atoms with Crippen molar-refractivity contribution in [1.82, 2.24) is 15.5 Å². The summed E-state index contributed by atoms with van der Waals surface area (Å²) in [6.07, 6.45) is -0.696. The van der Waals surface area contributed by atoms with Crippen LogP contribution in [0.3, 0.4) is 0 Å². The Balaban J connectivity index is 1.81. The zero-order valence-corrected chi connectivity index (χ0v) is 9.93. The van der Waals surface area contributed by atoms with Crippen LogP contribution in [-0.4, -0.2) is 21.8 Å². The summed E-state index contributed by atoms with van der Waals surface area (Å²) in [6, 6.07) is 5.75. The van der Waals surface area contributed by atoms with Crippen molar-refractivity contribution in [1.29, 1.82) is 0 Å². The van der Waals surface area contributed by atoms with Crippen LogP contribution in [0.15, 0.2) is 28.8 Å². The molecule has 0 spiro atoms. The molecule has 0 radical (unpaired) electrons. The summed E-state index contributed by atoms with van der Waals surface area (Å²) in [5, 5.41) is 16.6. The number of hydrogen-bond donors (Lipinski definition) is 2. The summed E-state index contributed by atoms with van der Waals surface area (Å²) in [5.74, 6) is 0.728. The highest BCUT2D eigenvalue weighted by molar-refractivity contribution is 5.18. The smallest absolute Gasteiger partial charge is 0.223 e. The molecule has 1 aromatic carbocycles. The van der Waals surface area contributed by atoms with Gasteiger partial charge in [0.25, 0.3) is 0 Å². The maximum atomic E-state index is 12.7. The van der Waals surface area contributed by atoms with E-state index in [9.17, 15) is 9.50 Å². The van der Waals surface area contributed by atoms with Crippen molar-refractivity contribution in [3.63, 3.8) is 0 Å². The Labute approximate surface area is 104 Å². The fourth-order valence-corrected chi connectivity index (χ4v) is 1.54. The summed E-state index contributed by atoms with van der Waals surface area (Å²) < 4.78 is 17.5. The van der Waals surface area contributed by atoms with E-state index >= 15 is 0 Å². The molecule has 0 aliphatic carbocycles. The van der Waals surface area contributed by atoms with Gasteiger partial charge in [-0.2, -0.15) is 4.98 Å². The highest BCUT2D eigenvalue weighted by Gasteiger charge is 2.08. The fourth-order valence-electron chi connectivity index (χ4n) is 1.54. The summed E-state index contributed by atoms with van der Waals surface area (Å²) in [7, 11) is 0. The van der Waals surface area contributed by atoms with Crippen molar-refractivity contribution >= 4 is 0 Å². The topological polar surface area (TPSA) is 71.2 Å². The molecule has 18 heavy (non-hydrogen) atoms. The van der Waals surface area contributed by atoms with Crippen LogP contribution in [0.1, 0.15) is 23.4 Å². The molecule has 0 saturated heterocycles. The Hall–Kier alpha value is -1.79. The standard InChI is InChI=1S/C12H14FN3O2/c1-8-15-12(16-18-8)7-14-6-11(17)9-2-4-10(13)5-3-9/h2-5,11,14,17H,6-7H2,1H3. The van der Waals surface area contributed by atoms with Gasteiger partial charge in [0.05, 0.1) is 12.6 Å². The lowest BCUT2D eigenvalue weighted by Gasteiger charge is -2.11. The normalized spacial score (nSPS) is 12.6. The molecule has 2 N–H and O–H groups in total. The average molecular weight is 251 g/mol. The zero-order valence-electron chi connectivity index (χ0n) is 9.93. The lowest BCUT2D eigenvalue weighted by atomic mass is 10.1. The van der Waals surface area contributed by atoms with Crippen molar-refractivity contribution < 1.29 is 14.0 Å². The second-order valence-electron chi connectivity index (χ2n) is 3.93. The number of aryl methyl sites for hydroxylation is 1. The minimum atomic E-state index is -0.696. The number of nitrogens with zero attached hydrogens (tertiary/aromatic N) is 2. The third-order valence-corrected chi connectivity index (χ3v) is 2.45. The molecule has 2 aromatic rings. The van der Waals surface area contributed by atoms with Crippen LogP contribution in [0.25, 0.3) is 0 Å². The van der Waals surface area contributed by atoms with E-state index < -0.39 is 6.10 Å². The quantitative estimate of drug-likeness (QED) is 0.839. The highest BCUT2D eigenvalue weighted by atomic mass is 19.1. The number of benzene rings is 1. The monoisotopic (exact) mass is 251 g/mol. The number of aliphatic hydroxyl groups is 1. The molecule has 1 unspecified atom stereocenters. The first kappa shape index (κ1) is 12.7. The fraction of sp³-hybridized carbons (Fsp3) is 0.333. The molecule has 1 heterocycles. The van der Waals surface area contributed by atoms with Crippen LogP contribution in [-0.2, 0) is 6.54 Å². The lowest BCUT2D eigenvalue weighted by Crippen LogP contribution is -2.21. The van der Waals surface area contributed by atoms with Gasteiger partial charge in [0.15, 0.2) is 5.82 Å². The molecule has 1 atom stereocenters. The van der Waals surface area contributed by atoms with E-state index in [4.69, 9.17) is 4.52 Å². The minimum Gasteiger partial charge on any atom is -0.387 e. The van der Waals surface area contributed by atoms with Crippen LogP contribution >= 0.6 is 0 Å². The van der Waals surface area contributed by atoms with E-state index in [0.717, 1.165) is 0 Å². The molecule has 5 nitrogen and oxygen atoms in total. The maximum Gasteiger partial charge on any atom is 0.223 e. The van der Waals surface area contributed by atoms with Gasteiger partial charge in [-0.15, -0.1) is 0 Å². The van der Waals surface area contributed by atoms with Gasteiger partial charge < -0.3 is 14.9 Å². The van der Waals surface area contributed by atoms with Gasteiger partial charge in [-0.05, 0) is 17.7 Å². The zero-order chi connectivity index (χ0) is 13.0. The number of aliphatic hydroxyl groups excluding tert-OH is 1. The molecule has 1 aromatic heterocycles. The molecular weight excluding hydrogens is 237 g/mol. The third-order valence-electron chi connectivity index (χ3n) is 2.45. The predicted octanol–water partition coefficient (Wildman–Crippen LogP) is 1.34. The molecule has 2 rings (SSSR count). The second-order valence-corrected chi connectivity index (χ2v) is 3.93. The number of hydrogen-bond acceptors (Lipinski definition) is 5. The van der Waals surface area contributed by atoms with Crippen molar-refractivity contribution in [3.05, 3.63) is 47.4 Å². The Kier molecular flexibility index (Phi) is 4.01. The van der Waals surface area contributed by atoms with Gasteiger partial charge in [-0.25, -0.2) is 4.39 Å². The van der Waals surface area contributed by atoms with Crippen LogP contribution in [0.4, 0.5) is 4.39 Å². The Morgan fingerprint density at radius 3 is 2.72 bits per heavy atom. The van der Waals surface area contributed by atoms with Crippen molar-refractivity contribution in [2.24, 2.45) is 0 Å². The Bertz CT molecular complexity index is 498. The van der Waals surface area contributed by atoms with Gasteiger partial charge in [-0.3, -0.25) is 0 Å². The van der Waals surface area contributed by atoms with E-state index in [1.807, 2.05) is 0 Å². The molecule has 0 amide bonds. The first-order valence-electron chi connectivity index (χ1n) is 5.58. The first-order chi connectivity index (χ1) is 8.65. The summed E-state index contributed by atoms with van der Waals surface area (Å²) in [5.41, 5.74) is 0.660. The second kappa shape index (κ2) is 5.70. The molecule has 96 valence electrons. The van der Waals surface area contributed by atoms with Crippen LogP contribution < -0.4 is 5.32 Å². The predicted molar refractivity (Wildman–Crippen MR) is 62.1 cm³/mol. The molecule has 6 heteroatoms. The van der Waals surface area contributed by atoms with Gasteiger partial charge in [0, 0.05) is 13.5 Å². The maximum absolute atomic E-state index is 12.7. The van der Waals surface area contributed by atoms with Gasteiger partial charge >= 0.3 is 0 Å². The van der Waals surface area contributed by atoms with Gasteiger partial charge in [-0.1, -0.05) is 17.3 Å². The van der Waals surface area contributed by atoms with Crippen molar-refractivity contribution in [2.45, 2.75) is 19.6 Å². The molecule has 0 fully saturated rings. The minimum absolute atomic E-state index is 0.318. The van der Waals surface area contributed by atoms with Crippen LogP contribution in [0.5, 0.6) is 0 Å². The van der Waals surface area contributed by atoms with Crippen LogP contribution in [0, 0.1) is 12.7 Å². The molecule has 0 aliphatic heterocycles. The third kappa shape index (κ3) is 3.35. The molecule has 0 bridgehead atoms. The van der Waals surface area contributed by atoms with E-state index in [1.165, 1.54) is 12.1 Å². The number of halogens is 1. The van der Waals surface area contributed by atoms with E-state index in [-0.39, 0.29) is 5.82 Å².